The van der Waals surface area contributed by atoms with E-state index in [1.54, 1.807) is 0 Å². The normalized spacial score (nSPS) is 10.1. The summed E-state index contributed by atoms with van der Waals surface area (Å²) in [6.45, 7) is 0.650. The highest BCUT2D eigenvalue weighted by atomic mass is 35.5. The van der Waals surface area contributed by atoms with Gasteiger partial charge in [0, 0.05) is 18.6 Å². The summed E-state index contributed by atoms with van der Waals surface area (Å²) in [6.07, 6.45) is 0. The Balaban J connectivity index is 2.22. The second kappa shape index (κ2) is 5.25. The average Bonchev–Trinajstić information content (AvgIpc) is 2.70. The van der Waals surface area contributed by atoms with E-state index in [0.717, 1.165) is 10.6 Å². The fourth-order valence-electron chi connectivity index (χ4n) is 1.64. The molecule has 2 N–H and O–H groups in total. The van der Waals surface area contributed by atoms with Gasteiger partial charge in [-0.15, -0.1) is 0 Å². The number of benzene rings is 1. The SMILES string of the molecule is CN(Cc1cccc(Cl)c1)c1snc(N)c1C#N. The largest absolute Gasteiger partial charge is 0.382 e. The van der Waals surface area contributed by atoms with Crippen molar-refractivity contribution in [3.63, 3.8) is 0 Å². The van der Waals surface area contributed by atoms with Gasteiger partial charge in [-0.05, 0) is 29.2 Å². The maximum atomic E-state index is 9.04. The zero-order valence-electron chi connectivity index (χ0n) is 9.72. The predicted molar refractivity (Wildman–Crippen MR) is 74.8 cm³/mol. The summed E-state index contributed by atoms with van der Waals surface area (Å²) in [5.41, 5.74) is 7.14. The van der Waals surface area contributed by atoms with Crippen molar-refractivity contribution >= 4 is 34.0 Å². The van der Waals surface area contributed by atoms with E-state index in [0.29, 0.717) is 17.1 Å². The molecule has 0 unspecified atom stereocenters. The number of nitriles is 1. The Labute approximate surface area is 114 Å². The van der Waals surface area contributed by atoms with Gasteiger partial charge < -0.3 is 10.6 Å². The van der Waals surface area contributed by atoms with E-state index in [1.165, 1.54) is 11.5 Å². The summed E-state index contributed by atoms with van der Waals surface area (Å²) in [7, 11) is 1.90. The molecule has 0 atom stereocenters. The second-order valence-electron chi connectivity index (χ2n) is 3.85. The first-order valence-electron chi connectivity index (χ1n) is 5.22. The van der Waals surface area contributed by atoms with E-state index in [1.807, 2.05) is 36.2 Å². The fraction of sp³-hybridized carbons (Fsp3) is 0.167. The Bertz CT molecular complexity index is 602. The van der Waals surface area contributed by atoms with Crippen molar-refractivity contribution in [2.75, 3.05) is 17.7 Å². The maximum absolute atomic E-state index is 9.04. The molecule has 0 saturated carbocycles. The lowest BCUT2D eigenvalue weighted by Gasteiger charge is -2.17. The molecule has 0 amide bonds. The van der Waals surface area contributed by atoms with Crippen molar-refractivity contribution in [2.24, 2.45) is 0 Å². The third-order valence-electron chi connectivity index (χ3n) is 2.47. The molecule has 0 aliphatic rings. The number of anilines is 2. The molecule has 1 aromatic heterocycles. The Morgan fingerprint density at radius 1 is 1.56 bits per heavy atom. The number of rotatable bonds is 3. The Kier molecular flexibility index (Phi) is 3.70. The molecular formula is C12H11ClN4S. The Hall–Kier alpha value is -1.77. The van der Waals surface area contributed by atoms with Gasteiger partial charge in [0.1, 0.15) is 16.6 Å². The highest BCUT2D eigenvalue weighted by Crippen LogP contribution is 2.29. The van der Waals surface area contributed by atoms with Gasteiger partial charge in [0.2, 0.25) is 0 Å². The zero-order valence-corrected chi connectivity index (χ0v) is 11.3. The standard InChI is InChI=1S/C12H11ClN4S/c1-17(7-8-3-2-4-9(13)5-8)12-10(6-14)11(15)16-18-12/h2-5H,7H2,1H3,(H2,15,16). The summed E-state index contributed by atoms with van der Waals surface area (Å²) in [4.78, 5) is 1.94. The van der Waals surface area contributed by atoms with E-state index in [4.69, 9.17) is 22.6 Å². The van der Waals surface area contributed by atoms with E-state index in [9.17, 15) is 0 Å². The smallest absolute Gasteiger partial charge is 0.157 e. The van der Waals surface area contributed by atoms with Crippen LogP contribution in [-0.4, -0.2) is 11.4 Å². The molecule has 0 radical (unpaired) electrons. The van der Waals surface area contributed by atoms with Crippen LogP contribution in [0.1, 0.15) is 11.1 Å². The van der Waals surface area contributed by atoms with Crippen molar-refractivity contribution in [3.05, 3.63) is 40.4 Å². The number of halogens is 1. The zero-order chi connectivity index (χ0) is 13.1. The van der Waals surface area contributed by atoms with Crippen molar-refractivity contribution < 1.29 is 0 Å². The van der Waals surface area contributed by atoms with Crippen molar-refractivity contribution in [1.29, 1.82) is 5.26 Å². The van der Waals surface area contributed by atoms with E-state index in [-0.39, 0.29) is 5.82 Å². The molecule has 0 aliphatic heterocycles. The van der Waals surface area contributed by atoms with Crippen molar-refractivity contribution in [2.45, 2.75) is 6.54 Å². The minimum absolute atomic E-state index is 0.287. The van der Waals surface area contributed by atoms with Crippen LogP contribution in [-0.2, 0) is 6.54 Å². The van der Waals surface area contributed by atoms with Crippen LogP contribution in [0.3, 0.4) is 0 Å². The van der Waals surface area contributed by atoms with Crippen LogP contribution in [0.4, 0.5) is 10.8 Å². The quantitative estimate of drug-likeness (QED) is 0.937. The van der Waals surface area contributed by atoms with Crippen LogP contribution in [0.25, 0.3) is 0 Å². The molecule has 2 rings (SSSR count). The first-order chi connectivity index (χ1) is 8.61. The molecular weight excluding hydrogens is 268 g/mol. The summed E-state index contributed by atoms with van der Waals surface area (Å²) < 4.78 is 4.00. The third-order valence-corrected chi connectivity index (χ3v) is 3.68. The van der Waals surface area contributed by atoms with Gasteiger partial charge >= 0.3 is 0 Å². The van der Waals surface area contributed by atoms with Gasteiger partial charge in [-0.25, -0.2) is 0 Å². The molecule has 0 fully saturated rings. The van der Waals surface area contributed by atoms with E-state index in [2.05, 4.69) is 10.4 Å². The predicted octanol–water partition coefficient (Wildman–Crippen LogP) is 2.89. The molecule has 6 heteroatoms. The molecule has 4 nitrogen and oxygen atoms in total. The third kappa shape index (κ3) is 2.55. The van der Waals surface area contributed by atoms with Crippen molar-refractivity contribution in [1.82, 2.24) is 4.37 Å². The summed E-state index contributed by atoms with van der Waals surface area (Å²) in [5, 5.41) is 10.5. The fourth-order valence-corrected chi connectivity index (χ4v) is 2.57. The molecule has 1 aromatic carbocycles. The molecule has 18 heavy (non-hydrogen) atoms. The molecule has 92 valence electrons. The number of nitrogens with two attached hydrogens (primary N) is 1. The Morgan fingerprint density at radius 3 is 3.00 bits per heavy atom. The number of nitrogens with zero attached hydrogens (tertiary/aromatic N) is 3. The van der Waals surface area contributed by atoms with Gasteiger partial charge in [-0.3, -0.25) is 0 Å². The van der Waals surface area contributed by atoms with E-state index >= 15 is 0 Å². The van der Waals surface area contributed by atoms with Gasteiger partial charge in [0.05, 0.1) is 0 Å². The average molecular weight is 279 g/mol. The number of hydrogen-bond donors (Lipinski definition) is 1. The number of aromatic nitrogens is 1. The van der Waals surface area contributed by atoms with Crippen LogP contribution in [0.2, 0.25) is 5.02 Å². The van der Waals surface area contributed by atoms with Crippen LogP contribution in [0, 0.1) is 11.3 Å². The number of hydrogen-bond acceptors (Lipinski definition) is 5. The summed E-state index contributed by atoms with van der Waals surface area (Å²) in [6, 6.07) is 9.69. The van der Waals surface area contributed by atoms with Gasteiger partial charge in [-0.2, -0.15) is 9.64 Å². The van der Waals surface area contributed by atoms with Crippen molar-refractivity contribution in [3.8, 4) is 6.07 Å². The highest BCUT2D eigenvalue weighted by molar-refractivity contribution is 7.10. The Morgan fingerprint density at radius 2 is 2.33 bits per heavy atom. The molecule has 0 saturated heterocycles. The van der Waals surface area contributed by atoms with Crippen LogP contribution < -0.4 is 10.6 Å². The first kappa shape index (κ1) is 12.7. The molecule has 1 heterocycles. The highest BCUT2D eigenvalue weighted by Gasteiger charge is 2.15. The molecule has 0 spiro atoms. The number of nitrogen functional groups attached to an aromatic ring is 1. The minimum atomic E-state index is 0.287. The maximum Gasteiger partial charge on any atom is 0.157 e. The van der Waals surface area contributed by atoms with Crippen LogP contribution in [0.15, 0.2) is 24.3 Å². The van der Waals surface area contributed by atoms with Gasteiger partial charge in [-0.1, -0.05) is 23.7 Å². The lowest BCUT2D eigenvalue weighted by atomic mass is 10.2. The molecule has 0 aliphatic carbocycles. The minimum Gasteiger partial charge on any atom is -0.382 e. The summed E-state index contributed by atoms with van der Waals surface area (Å²) in [5.74, 6) is 0.287. The van der Waals surface area contributed by atoms with Crippen LogP contribution in [0.5, 0.6) is 0 Å². The molecule has 0 bridgehead atoms. The first-order valence-corrected chi connectivity index (χ1v) is 6.37. The van der Waals surface area contributed by atoms with Gasteiger partial charge in [0.15, 0.2) is 5.82 Å². The molecule has 2 aromatic rings. The second-order valence-corrected chi connectivity index (χ2v) is 5.03. The van der Waals surface area contributed by atoms with Crippen LogP contribution >= 0.6 is 23.1 Å². The monoisotopic (exact) mass is 278 g/mol. The lowest BCUT2D eigenvalue weighted by molar-refractivity contribution is 0.933. The van der Waals surface area contributed by atoms with Gasteiger partial charge in [0.25, 0.3) is 0 Å². The summed E-state index contributed by atoms with van der Waals surface area (Å²) >= 11 is 7.16. The lowest BCUT2D eigenvalue weighted by Crippen LogP contribution is -2.16. The van der Waals surface area contributed by atoms with E-state index < -0.39 is 0 Å². The topological polar surface area (TPSA) is 65.9 Å².